The molecule has 4 rings (SSSR count). The lowest BCUT2D eigenvalue weighted by Crippen LogP contribution is -2.39. The molecule has 31 heavy (non-hydrogen) atoms. The summed E-state index contributed by atoms with van der Waals surface area (Å²) in [7, 11) is 0. The third-order valence-electron chi connectivity index (χ3n) is 4.91. The highest BCUT2D eigenvalue weighted by Crippen LogP contribution is 2.30. The Morgan fingerprint density at radius 2 is 2.03 bits per heavy atom. The number of phenolic OH excluding ortho intramolecular Hbond substituents is 1. The molecule has 0 saturated carbocycles. The number of aromatic nitrogens is 1. The van der Waals surface area contributed by atoms with Crippen molar-refractivity contribution in [3.8, 4) is 5.75 Å². The number of rotatable bonds is 4. The molecule has 6 nitrogen and oxygen atoms in total. The fourth-order valence-electron chi connectivity index (χ4n) is 3.52. The van der Waals surface area contributed by atoms with Crippen LogP contribution in [0.2, 0.25) is 5.02 Å². The van der Waals surface area contributed by atoms with Gasteiger partial charge in [0.1, 0.15) is 5.75 Å². The third kappa shape index (κ3) is 3.94. The van der Waals surface area contributed by atoms with Crippen LogP contribution in [0.1, 0.15) is 31.0 Å². The lowest BCUT2D eigenvalue weighted by atomic mass is 9.96. The number of benzene rings is 2. The van der Waals surface area contributed by atoms with Gasteiger partial charge in [0, 0.05) is 10.6 Å². The molecular weight excluding hydrogens is 436 g/mol. The van der Waals surface area contributed by atoms with Crippen LogP contribution in [0.4, 0.5) is 0 Å². The highest BCUT2D eigenvalue weighted by Gasteiger charge is 2.33. The van der Waals surface area contributed by atoms with Crippen LogP contribution in [0, 0.1) is 0 Å². The molecule has 2 heterocycles. The summed E-state index contributed by atoms with van der Waals surface area (Å²) in [6.07, 6.45) is 1.58. The van der Waals surface area contributed by atoms with Crippen molar-refractivity contribution < 1.29 is 14.6 Å². The van der Waals surface area contributed by atoms with Gasteiger partial charge in [-0.1, -0.05) is 53.3 Å². The lowest BCUT2D eigenvalue weighted by Gasteiger charge is -2.24. The molecule has 158 valence electrons. The molecule has 0 fully saturated rings. The largest absolute Gasteiger partial charge is 0.507 e. The number of esters is 1. The molecule has 2 aromatic carbocycles. The first-order valence-electron chi connectivity index (χ1n) is 9.64. The number of hydrogen-bond acceptors (Lipinski definition) is 6. The van der Waals surface area contributed by atoms with E-state index < -0.39 is 12.0 Å². The molecular formula is C23H19ClN2O4S. The number of halogens is 1. The van der Waals surface area contributed by atoms with Crippen molar-refractivity contribution in [3.63, 3.8) is 0 Å². The molecule has 0 bridgehead atoms. The fraction of sp³-hybridized carbons (Fsp3) is 0.174. The van der Waals surface area contributed by atoms with Gasteiger partial charge in [0.15, 0.2) is 4.80 Å². The predicted molar refractivity (Wildman–Crippen MR) is 120 cm³/mol. The second-order valence-corrected chi connectivity index (χ2v) is 8.36. The number of ether oxygens (including phenoxy) is 1. The number of thiazole rings is 1. The van der Waals surface area contributed by atoms with Gasteiger partial charge in [0.05, 0.1) is 28.5 Å². The van der Waals surface area contributed by atoms with Crippen molar-refractivity contribution in [3.05, 3.63) is 95.6 Å². The van der Waals surface area contributed by atoms with Crippen molar-refractivity contribution in [1.29, 1.82) is 0 Å². The minimum absolute atomic E-state index is 0.0123. The van der Waals surface area contributed by atoms with E-state index in [2.05, 4.69) is 4.99 Å². The van der Waals surface area contributed by atoms with E-state index in [0.29, 0.717) is 31.2 Å². The topological polar surface area (TPSA) is 80.9 Å². The average Bonchev–Trinajstić information content (AvgIpc) is 3.05. The van der Waals surface area contributed by atoms with Crippen molar-refractivity contribution in [2.45, 2.75) is 19.9 Å². The zero-order valence-electron chi connectivity index (χ0n) is 16.8. The second-order valence-electron chi connectivity index (χ2n) is 6.92. The Morgan fingerprint density at radius 3 is 2.74 bits per heavy atom. The molecule has 0 spiro atoms. The Morgan fingerprint density at radius 1 is 1.29 bits per heavy atom. The predicted octanol–water partition coefficient (Wildman–Crippen LogP) is 3.16. The maximum absolute atomic E-state index is 13.4. The monoisotopic (exact) mass is 454 g/mol. The summed E-state index contributed by atoms with van der Waals surface area (Å²) < 4.78 is 7.14. The maximum Gasteiger partial charge on any atom is 0.338 e. The van der Waals surface area contributed by atoms with Crippen LogP contribution in [-0.2, 0) is 9.53 Å². The Hall–Kier alpha value is -3.16. The van der Waals surface area contributed by atoms with E-state index in [1.165, 1.54) is 22.0 Å². The molecule has 0 saturated heterocycles. The van der Waals surface area contributed by atoms with Gasteiger partial charge in [0.2, 0.25) is 0 Å². The molecule has 0 unspecified atom stereocenters. The molecule has 3 aromatic rings. The zero-order valence-corrected chi connectivity index (χ0v) is 18.4. The van der Waals surface area contributed by atoms with Crippen LogP contribution in [-0.4, -0.2) is 22.2 Å². The summed E-state index contributed by atoms with van der Waals surface area (Å²) in [6, 6.07) is 13.3. The first-order valence-corrected chi connectivity index (χ1v) is 10.8. The van der Waals surface area contributed by atoms with Gasteiger partial charge in [-0.05, 0) is 43.7 Å². The van der Waals surface area contributed by atoms with Crippen molar-refractivity contribution >= 4 is 35.0 Å². The number of carbonyl (C=O) groups is 1. The lowest BCUT2D eigenvalue weighted by molar-refractivity contribution is -0.139. The number of phenols is 1. The first kappa shape index (κ1) is 21.1. The Balaban J connectivity index is 1.97. The van der Waals surface area contributed by atoms with Gasteiger partial charge in [0.25, 0.3) is 5.56 Å². The quantitative estimate of drug-likeness (QED) is 0.614. The first-order chi connectivity index (χ1) is 14.9. The Labute approximate surface area is 187 Å². The van der Waals surface area contributed by atoms with E-state index in [0.717, 1.165) is 5.56 Å². The van der Waals surface area contributed by atoms with E-state index in [-0.39, 0.29) is 17.9 Å². The number of nitrogens with zero attached hydrogens (tertiary/aromatic N) is 2. The molecule has 1 atom stereocenters. The van der Waals surface area contributed by atoms with E-state index in [9.17, 15) is 14.7 Å². The summed E-state index contributed by atoms with van der Waals surface area (Å²) >= 11 is 7.23. The highest BCUT2D eigenvalue weighted by atomic mass is 35.5. The molecule has 0 aliphatic carbocycles. The number of hydrogen-bond donors (Lipinski definition) is 1. The van der Waals surface area contributed by atoms with Gasteiger partial charge in [-0.3, -0.25) is 9.36 Å². The highest BCUT2D eigenvalue weighted by molar-refractivity contribution is 7.07. The van der Waals surface area contributed by atoms with Gasteiger partial charge in [-0.15, -0.1) is 0 Å². The van der Waals surface area contributed by atoms with Crippen LogP contribution in [0.5, 0.6) is 5.75 Å². The molecule has 1 aromatic heterocycles. The number of fused-ring (bicyclic) bond motifs is 1. The van der Waals surface area contributed by atoms with Gasteiger partial charge >= 0.3 is 5.97 Å². The summed E-state index contributed by atoms with van der Waals surface area (Å²) in [5, 5.41) is 10.6. The van der Waals surface area contributed by atoms with E-state index in [1.807, 2.05) is 30.3 Å². The standard InChI is InChI=1S/C23H19ClN2O4S/c1-3-30-22(29)19-13(2)25-23-26(20(19)14-7-5-4-6-8-14)21(28)18(31-23)12-15-11-16(24)9-10-17(15)27/h4-12,20,27H,3H2,1-2H3/b18-12+/t20-/m1/s1. The van der Waals surface area contributed by atoms with Gasteiger partial charge in [-0.25, -0.2) is 9.79 Å². The van der Waals surface area contributed by atoms with Crippen LogP contribution < -0.4 is 14.9 Å². The summed E-state index contributed by atoms with van der Waals surface area (Å²) in [5.41, 5.74) is 1.73. The fourth-order valence-corrected chi connectivity index (χ4v) is 4.74. The summed E-state index contributed by atoms with van der Waals surface area (Å²) in [6.45, 7) is 3.69. The number of allylic oxidation sites excluding steroid dienone is 1. The zero-order chi connectivity index (χ0) is 22.1. The van der Waals surface area contributed by atoms with E-state index >= 15 is 0 Å². The second kappa shape index (κ2) is 8.53. The SMILES string of the molecule is CCOC(=O)C1=C(C)N=c2s/c(=C/c3cc(Cl)ccc3O)c(=O)n2[C@@H]1c1ccccc1. The average molecular weight is 455 g/mol. The van der Waals surface area contributed by atoms with Gasteiger partial charge < -0.3 is 9.84 Å². The van der Waals surface area contributed by atoms with Crippen LogP contribution >= 0.6 is 22.9 Å². The Kier molecular flexibility index (Phi) is 5.80. The minimum Gasteiger partial charge on any atom is -0.507 e. The maximum atomic E-state index is 13.4. The van der Waals surface area contributed by atoms with Crippen molar-refractivity contribution in [2.24, 2.45) is 4.99 Å². The normalized spacial score (nSPS) is 16.1. The van der Waals surface area contributed by atoms with E-state index in [4.69, 9.17) is 16.3 Å². The molecule has 8 heteroatoms. The number of aromatic hydroxyl groups is 1. The van der Waals surface area contributed by atoms with Gasteiger partial charge in [-0.2, -0.15) is 0 Å². The molecule has 1 aliphatic heterocycles. The van der Waals surface area contributed by atoms with Crippen LogP contribution in [0.25, 0.3) is 6.08 Å². The van der Waals surface area contributed by atoms with Crippen LogP contribution in [0.15, 0.2) is 69.6 Å². The minimum atomic E-state index is -0.661. The molecule has 0 radical (unpaired) electrons. The van der Waals surface area contributed by atoms with Crippen LogP contribution in [0.3, 0.4) is 0 Å². The van der Waals surface area contributed by atoms with Crippen molar-refractivity contribution in [2.75, 3.05) is 6.61 Å². The Bertz CT molecular complexity index is 1370. The summed E-state index contributed by atoms with van der Waals surface area (Å²) in [5.74, 6) is -0.488. The summed E-state index contributed by atoms with van der Waals surface area (Å²) in [4.78, 5) is 31.2. The molecule has 1 aliphatic rings. The third-order valence-corrected chi connectivity index (χ3v) is 6.13. The molecule has 0 amide bonds. The smallest absolute Gasteiger partial charge is 0.338 e. The van der Waals surface area contributed by atoms with E-state index in [1.54, 1.807) is 32.1 Å². The number of carbonyl (C=O) groups excluding carboxylic acids is 1. The van der Waals surface area contributed by atoms with Crippen molar-refractivity contribution in [1.82, 2.24) is 4.57 Å². The molecule has 1 N–H and O–H groups in total.